The number of allylic oxidation sites excluding steroid dienone is 4. The lowest BCUT2D eigenvalue weighted by Crippen LogP contribution is -2.48. The number of carbonyl (C=O) groups is 1. The van der Waals surface area contributed by atoms with Crippen molar-refractivity contribution in [1.29, 1.82) is 0 Å². The lowest BCUT2D eigenvalue weighted by Gasteiger charge is -2.56. The monoisotopic (exact) mass is 404 g/mol. The summed E-state index contributed by atoms with van der Waals surface area (Å²) in [4.78, 5) is 12.6. The van der Waals surface area contributed by atoms with Gasteiger partial charge in [-0.3, -0.25) is 0 Å². The maximum absolute atomic E-state index is 12.6. The number of fused-ring (bicyclic) bond motifs is 5. The average Bonchev–Trinajstić information content (AvgIpc) is 3.11. The number of esters is 1. The van der Waals surface area contributed by atoms with Gasteiger partial charge in [-0.15, -0.1) is 0 Å². The lowest BCUT2D eigenvalue weighted by atomic mass is 9.49. The Morgan fingerprint density at radius 1 is 1.07 bits per heavy atom. The van der Waals surface area contributed by atoms with E-state index in [1.165, 1.54) is 32.1 Å². The first-order chi connectivity index (χ1) is 14.5. The second-order valence-corrected chi connectivity index (χ2v) is 10.7. The molecule has 0 radical (unpaired) electrons. The fraction of sp³-hybridized carbons (Fsp3) is 0.607. The van der Waals surface area contributed by atoms with E-state index in [1.54, 1.807) is 11.1 Å². The molecule has 3 fully saturated rings. The van der Waals surface area contributed by atoms with Gasteiger partial charge in [0.05, 0.1) is 5.56 Å². The molecule has 3 saturated carbocycles. The first-order valence-corrected chi connectivity index (χ1v) is 12.1. The maximum Gasteiger partial charge on any atom is 0.338 e. The van der Waals surface area contributed by atoms with Crippen LogP contribution in [0.15, 0.2) is 53.6 Å². The number of carbonyl (C=O) groups excluding carboxylic acids is 1. The molecule has 0 spiro atoms. The molecule has 0 amide bonds. The third-order valence-corrected chi connectivity index (χ3v) is 9.46. The van der Waals surface area contributed by atoms with Gasteiger partial charge in [0, 0.05) is 0 Å². The molecular formula is C28H36O2. The van der Waals surface area contributed by atoms with Crippen molar-refractivity contribution in [3.05, 3.63) is 59.2 Å². The number of hydrogen-bond donors (Lipinski definition) is 0. The van der Waals surface area contributed by atoms with Crippen molar-refractivity contribution in [2.45, 2.75) is 78.2 Å². The van der Waals surface area contributed by atoms with Gasteiger partial charge in [0.15, 0.2) is 0 Å². The SMILES string of the molecule is C/C=C1/CC[C@H]2[C@@H]3CCC4C[C@H](OC(=O)c5ccccc5)CC[C@]4(C)C3=CC[C@]12C. The quantitative estimate of drug-likeness (QED) is 0.387. The molecule has 160 valence electrons. The average molecular weight is 405 g/mol. The number of hydrogen-bond acceptors (Lipinski definition) is 2. The summed E-state index contributed by atoms with van der Waals surface area (Å²) in [6.07, 6.45) is 14.8. The number of ether oxygens (including phenoxy) is 1. The van der Waals surface area contributed by atoms with Crippen LogP contribution in [0, 0.1) is 28.6 Å². The van der Waals surface area contributed by atoms with Crippen molar-refractivity contribution >= 4 is 5.97 Å². The molecule has 1 unspecified atom stereocenters. The van der Waals surface area contributed by atoms with Crippen molar-refractivity contribution in [1.82, 2.24) is 0 Å². The van der Waals surface area contributed by atoms with Gasteiger partial charge in [-0.25, -0.2) is 4.79 Å². The second kappa shape index (κ2) is 7.39. The zero-order valence-corrected chi connectivity index (χ0v) is 18.8. The highest BCUT2D eigenvalue weighted by Gasteiger charge is 2.55. The minimum atomic E-state index is -0.157. The molecule has 0 bridgehead atoms. The van der Waals surface area contributed by atoms with Crippen LogP contribution in [-0.4, -0.2) is 12.1 Å². The molecule has 0 aliphatic heterocycles. The van der Waals surface area contributed by atoms with Gasteiger partial charge in [0.25, 0.3) is 0 Å². The molecule has 5 rings (SSSR count). The van der Waals surface area contributed by atoms with Crippen molar-refractivity contribution < 1.29 is 9.53 Å². The van der Waals surface area contributed by atoms with Crippen molar-refractivity contribution in [2.75, 3.05) is 0 Å². The molecule has 30 heavy (non-hydrogen) atoms. The first-order valence-electron chi connectivity index (χ1n) is 12.1. The van der Waals surface area contributed by atoms with Gasteiger partial charge in [0.1, 0.15) is 6.10 Å². The van der Waals surface area contributed by atoms with Crippen LogP contribution in [-0.2, 0) is 4.74 Å². The van der Waals surface area contributed by atoms with Gasteiger partial charge < -0.3 is 4.74 Å². The van der Waals surface area contributed by atoms with E-state index in [9.17, 15) is 4.79 Å². The predicted octanol–water partition coefficient (Wildman–Crippen LogP) is 7.12. The van der Waals surface area contributed by atoms with Crippen molar-refractivity contribution in [3.8, 4) is 0 Å². The maximum atomic E-state index is 12.6. The number of rotatable bonds is 2. The van der Waals surface area contributed by atoms with Gasteiger partial charge in [-0.05, 0) is 99.0 Å². The zero-order chi connectivity index (χ0) is 20.9. The highest BCUT2D eigenvalue weighted by Crippen LogP contribution is 2.65. The number of benzene rings is 1. The van der Waals surface area contributed by atoms with Gasteiger partial charge in [-0.1, -0.05) is 55.3 Å². The second-order valence-electron chi connectivity index (χ2n) is 10.7. The fourth-order valence-electron chi connectivity index (χ4n) is 7.72. The molecule has 4 aliphatic rings. The third kappa shape index (κ3) is 3.01. The van der Waals surface area contributed by atoms with E-state index in [2.05, 4.69) is 32.9 Å². The van der Waals surface area contributed by atoms with E-state index in [0.29, 0.717) is 22.3 Å². The van der Waals surface area contributed by atoms with Crippen LogP contribution in [0.3, 0.4) is 0 Å². The Morgan fingerprint density at radius 2 is 1.87 bits per heavy atom. The van der Waals surface area contributed by atoms with Crippen LogP contribution < -0.4 is 0 Å². The van der Waals surface area contributed by atoms with E-state index in [1.807, 2.05) is 30.3 Å². The van der Waals surface area contributed by atoms with Crippen LogP contribution in [0.2, 0.25) is 0 Å². The molecule has 1 aromatic carbocycles. The molecule has 0 N–H and O–H groups in total. The summed E-state index contributed by atoms with van der Waals surface area (Å²) in [6, 6.07) is 9.45. The fourth-order valence-corrected chi connectivity index (χ4v) is 7.72. The summed E-state index contributed by atoms with van der Waals surface area (Å²) in [5.74, 6) is 2.09. The molecule has 0 heterocycles. The van der Waals surface area contributed by atoms with E-state index >= 15 is 0 Å². The van der Waals surface area contributed by atoms with E-state index in [4.69, 9.17) is 4.74 Å². The Bertz CT molecular complexity index is 881. The molecule has 6 atom stereocenters. The third-order valence-electron chi connectivity index (χ3n) is 9.46. The summed E-state index contributed by atoms with van der Waals surface area (Å²) < 4.78 is 5.96. The highest BCUT2D eigenvalue weighted by molar-refractivity contribution is 5.89. The molecule has 0 aromatic heterocycles. The Hall–Kier alpha value is -1.83. The summed E-state index contributed by atoms with van der Waals surface area (Å²) in [5.41, 5.74) is 4.84. The van der Waals surface area contributed by atoms with Gasteiger partial charge in [0.2, 0.25) is 0 Å². The van der Waals surface area contributed by atoms with Crippen LogP contribution in [0.1, 0.15) is 82.5 Å². The Kier molecular flexibility index (Phi) is 4.95. The van der Waals surface area contributed by atoms with E-state index < -0.39 is 0 Å². The highest BCUT2D eigenvalue weighted by atomic mass is 16.5. The molecular weight excluding hydrogens is 368 g/mol. The minimum absolute atomic E-state index is 0.0721. The Balaban J connectivity index is 1.33. The van der Waals surface area contributed by atoms with Crippen LogP contribution in [0.4, 0.5) is 0 Å². The van der Waals surface area contributed by atoms with Crippen LogP contribution in [0.25, 0.3) is 0 Å². The first kappa shape index (κ1) is 20.1. The van der Waals surface area contributed by atoms with Crippen LogP contribution in [0.5, 0.6) is 0 Å². The molecule has 0 saturated heterocycles. The smallest absolute Gasteiger partial charge is 0.338 e. The summed E-state index contributed by atoms with van der Waals surface area (Å²) in [6.45, 7) is 7.29. The van der Waals surface area contributed by atoms with E-state index in [0.717, 1.165) is 31.1 Å². The summed E-state index contributed by atoms with van der Waals surface area (Å²) in [5, 5.41) is 0. The minimum Gasteiger partial charge on any atom is -0.459 e. The predicted molar refractivity (Wildman–Crippen MR) is 121 cm³/mol. The molecule has 1 aromatic rings. The summed E-state index contributed by atoms with van der Waals surface area (Å²) >= 11 is 0. The largest absolute Gasteiger partial charge is 0.459 e. The van der Waals surface area contributed by atoms with Gasteiger partial charge in [-0.2, -0.15) is 0 Å². The standard InChI is InChI=1S/C28H36O2/c1-4-20-11-13-24-23-12-10-21-18-22(30-26(29)19-8-6-5-7-9-19)14-16-28(21,3)25(23)15-17-27(20,24)2/h4-9,15,21-24H,10-14,16-18H2,1-3H3/b20-4-/t21?,22-,23+,24+,27-,28+/m1/s1. The molecule has 2 nitrogen and oxygen atoms in total. The van der Waals surface area contributed by atoms with Gasteiger partial charge >= 0.3 is 5.97 Å². The van der Waals surface area contributed by atoms with Crippen molar-refractivity contribution in [3.63, 3.8) is 0 Å². The lowest BCUT2D eigenvalue weighted by molar-refractivity contribution is -0.0259. The van der Waals surface area contributed by atoms with Crippen LogP contribution >= 0.6 is 0 Å². The molecule has 2 heteroatoms. The van der Waals surface area contributed by atoms with E-state index in [-0.39, 0.29) is 12.1 Å². The zero-order valence-electron chi connectivity index (χ0n) is 18.8. The molecule has 4 aliphatic carbocycles. The normalized spacial score (nSPS) is 41.4. The summed E-state index contributed by atoms with van der Waals surface area (Å²) in [7, 11) is 0. The Morgan fingerprint density at radius 3 is 2.63 bits per heavy atom. The Labute approximate surface area is 181 Å². The van der Waals surface area contributed by atoms with Crippen molar-refractivity contribution in [2.24, 2.45) is 28.6 Å². The topological polar surface area (TPSA) is 26.3 Å².